The number of rotatable bonds is 0. The average Bonchev–Trinajstić information content (AvgIpc) is 2.46. The fourth-order valence-corrected chi connectivity index (χ4v) is 3.92. The highest BCUT2D eigenvalue weighted by Gasteiger charge is 2.45. The van der Waals surface area contributed by atoms with Crippen LogP contribution in [0.25, 0.3) is 5.57 Å². The lowest BCUT2D eigenvalue weighted by Gasteiger charge is -2.36. The number of hydrogen-bond acceptors (Lipinski definition) is 0. The average molecular weight is 256 g/mol. The molecule has 0 nitrogen and oxygen atoms in total. The van der Waals surface area contributed by atoms with Crippen LogP contribution in [-0.2, 0) is 5.41 Å². The molecule has 1 aliphatic carbocycles. The van der Waals surface area contributed by atoms with Crippen LogP contribution in [0.4, 0.5) is 0 Å². The second kappa shape index (κ2) is 3.98. The van der Waals surface area contributed by atoms with Gasteiger partial charge in [0.2, 0.25) is 0 Å². The van der Waals surface area contributed by atoms with Gasteiger partial charge in [-0.05, 0) is 27.5 Å². The lowest BCUT2D eigenvalue weighted by Crippen LogP contribution is -2.27. The smallest absolute Gasteiger partial charge is 0.0123 e. The molecule has 0 N–H and O–H groups in total. The molecule has 0 unspecified atom stereocenters. The fourth-order valence-electron chi connectivity index (χ4n) is 3.92. The van der Waals surface area contributed by atoms with Crippen molar-refractivity contribution in [3.05, 3.63) is 41.0 Å². The van der Waals surface area contributed by atoms with Crippen LogP contribution < -0.4 is 0 Å². The first-order valence-corrected chi connectivity index (χ1v) is 7.33. The highest BCUT2D eigenvalue weighted by Crippen LogP contribution is 2.57. The molecular formula is C19H28. The summed E-state index contributed by atoms with van der Waals surface area (Å²) >= 11 is 0. The second-order valence-corrected chi connectivity index (χ2v) is 8.42. The zero-order chi connectivity index (χ0) is 14.6. The first-order chi connectivity index (χ1) is 8.47. The number of benzene rings is 1. The standard InChI is InChI=1S/C19H28/c1-17(2,3)15-13-11-9-10-12-14(13)19(7,8)16(15)18(4,5)6/h9-12H,1-8H3. The minimum absolute atomic E-state index is 0.136. The minimum Gasteiger partial charge on any atom is -0.0619 e. The Morgan fingerprint density at radius 1 is 0.789 bits per heavy atom. The van der Waals surface area contributed by atoms with Crippen molar-refractivity contribution in [2.75, 3.05) is 0 Å². The van der Waals surface area contributed by atoms with Gasteiger partial charge in [-0.3, -0.25) is 0 Å². The van der Waals surface area contributed by atoms with Crippen LogP contribution in [0.5, 0.6) is 0 Å². The van der Waals surface area contributed by atoms with E-state index in [0.29, 0.717) is 0 Å². The van der Waals surface area contributed by atoms with E-state index in [9.17, 15) is 0 Å². The SMILES string of the molecule is CC(C)(C)C1=C(C(C)(C)C)C(C)(C)c2ccccc21. The predicted octanol–water partition coefficient (Wildman–Crippen LogP) is 5.82. The maximum absolute atomic E-state index is 2.38. The molecule has 0 fully saturated rings. The van der Waals surface area contributed by atoms with Crippen LogP contribution in [0.1, 0.15) is 66.5 Å². The van der Waals surface area contributed by atoms with Crippen LogP contribution in [0.15, 0.2) is 29.8 Å². The van der Waals surface area contributed by atoms with Gasteiger partial charge in [0.1, 0.15) is 0 Å². The first kappa shape index (κ1) is 14.4. The summed E-state index contributed by atoms with van der Waals surface area (Å²) in [5.41, 5.74) is 6.64. The van der Waals surface area contributed by atoms with Gasteiger partial charge in [-0.25, -0.2) is 0 Å². The molecule has 0 aromatic heterocycles. The Kier molecular flexibility index (Phi) is 3.01. The molecule has 0 heteroatoms. The van der Waals surface area contributed by atoms with E-state index in [0.717, 1.165) is 0 Å². The van der Waals surface area contributed by atoms with Crippen molar-refractivity contribution in [1.29, 1.82) is 0 Å². The van der Waals surface area contributed by atoms with E-state index >= 15 is 0 Å². The molecule has 1 aromatic carbocycles. The summed E-state index contributed by atoms with van der Waals surface area (Å²) < 4.78 is 0. The number of allylic oxidation sites excluding steroid dienone is 2. The third kappa shape index (κ3) is 2.16. The molecule has 1 aromatic rings. The normalized spacial score (nSPS) is 18.7. The summed E-state index contributed by atoms with van der Waals surface area (Å²) in [5.74, 6) is 0. The second-order valence-electron chi connectivity index (χ2n) is 8.42. The van der Waals surface area contributed by atoms with Gasteiger partial charge in [0.05, 0.1) is 0 Å². The summed E-state index contributed by atoms with van der Waals surface area (Å²) in [6.07, 6.45) is 0. The number of hydrogen-bond donors (Lipinski definition) is 0. The zero-order valence-electron chi connectivity index (χ0n) is 13.8. The molecular weight excluding hydrogens is 228 g/mol. The topological polar surface area (TPSA) is 0 Å². The molecule has 0 saturated carbocycles. The Labute approximate surface area is 118 Å². The van der Waals surface area contributed by atoms with Crippen LogP contribution in [-0.4, -0.2) is 0 Å². The summed E-state index contributed by atoms with van der Waals surface area (Å²) in [7, 11) is 0. The molecule has 0 saturated heterocycles. The maximum atomic E-state index is 2.38. The molecule has 0 bridgehead atoms. The Bertz CT molecular complexity index is 528. The van der Waals surface area contributed by atoms with Gasteiger partial charge in [-0.2, -0.15) is 0 Å². The highest BCUT2D eigenvalue weighted by atomic mass is 14.5. The van der Waals surface area contributed by atoms with Crippen molar-refractivity contribution in [2.45, 2.75) is 60.8 Å². The van der Waals surface area contributed by atoms with Gasteiger partial charge in [-0.15, -0.1) is 0 Å². The lowest BCUT2D eigenvalue weighted by molar-refractivity contribution is 0.413. The summed E-state index contributed by atoms with van der Waals surface area (Å²) in [5, 5.41) is 0. The predicted molar refractivity (Wildman–Crippen MR) is 85.3 cm³/mol. The van der Waals surface area contributed by atoms with E-state index in [1.807, 2.05) is 0 Å². The first-order valence-electron chi connectivity index (χ1n) is 7.33. The largest absolute Gasteiger partial charge is 0.0619 e. The Balaban J connectivity index is 2.86. The lowest BCUT2D eigenvalue weighted by atomic mass is 9.68. The van der Waals surface area contributed by atoms with Gasteiger partial charge in [0.15, 0.2) is 0 Å². The number of fused-ring (bicyclic) bond motifs is 1. The van der Waals surface area contributed by atoms with Crippen molar-refractivity contribution < 1.29 is 0 Å². The third-order valence-electron chi connectivity index (χ3n) is 4.24. The molecule has 104 valence electrons. The van der Waals surface area contributed by atoms with E-state index in [-0.39, 0.29) is 16.2 Å². The van der Waals surface area contributed by atoms with Crippen molar-refractivity contribution in [2.24, 2.45) is 10.8 Å². The third-order valence-corrected chi connectivity index (χ3v) is 4.24. The molecule has 0 aliphatic heterocycles. The molecule has 0 amide bonds. The Morgan fingerprint density at radius 2 is 1.32 bits per heavy atom. The van der Waals surface area contributed by atoms with E-state index in [1.54, 1.807) is 11.1 Å². The summed E-state index contributed by atoms with van der Waals surface area (Å²) in [6.45, 7) is 18.8. The summed E-state index contributed by atoms with van der Waals surface area (Å²) in [4.78, 5) is 0. The highest BCUT2D eigenvalue weighted by molar-refractivity contribution is 5.83. The van der Waals surface area contributed by atoms with Crippen molar-refractivity contribution in [3.63, 3.8) is 0 Å². The van der Waals surface area contributed by atoms with Crippen molar-refractivity contribution in [1.82, 2.24) is 0 Å². The van der Waals surface area contributed by atoms with E-state index in [4.69, 9.17) is 0 Å². The van der Waals surface area contributed by atoms with Gasteiger partial charge >= 0.3 is 0 Å². The maximum Gasteiger partial charge on any atom is 0.0123 e. The Hall–Kier alpha value is -1.04. The van der Waals surface area contributed by atoms with E-state index < -0.39 is 0 Å². The minimum atomic E-state index is 0.136. The van der Waals surface area contributed by atoms with Gasteiger partial charge in [0.25, 0.3) is 0 Å². The van der Waals surface area contributed by atoms with E-state index in [1.165, 1.54) is 11.1 Å². The molecule has 0 atom stereocenters. The van der Waals surface area contributed by atoms with Crippen LogP contribution >= 0.6 is 0 Å². The molecule has 1 aliphatic rings. The molecule has 0 radical (unpaired) electrons. The quantitative estimate of drug-likeness (QED) is 0.548. The Morgan fingerprint density at radius 3 is 1.79 bits per heavy atom. The van der Waals surface area contributed by atoms with E-state index in [2.05, 4.69) is 79.7 Å². The van der Waals surface area contributed by atoms with Crippen LogP contribution in [0, 0.1) is 10.8 Å². The zero-order valence-corrected chi connectivity index (χ0v) is 13.8. The monoisotopic (exact) mass is 256 g/mol. The fraction of sp³-hybridized carbons (Fsp3) is 0.579. The van der Waals surface area contributed by atoms with Gasteiger partial charge in [0, 0.05) is 5.41 Å². The van der Waals surface area contributed by atoms with Gasteiger partial charge in [-0.1, -0.05) is 85.2 Å². The molecule has 0 spiro atoms. The van der Waals surface area contributed by atoms with Crippen LogP contribution in [0.2, 0.25) is 0 Å². The molecule has 2 rings (SSSR count). The van der Waals surface area contributed by atoms with Crippen molar-refractivity contribution >= 4 is 5.57 Å². The molecule has 19 heavy (non-hydrogen) atoms. The van der Waals surface area contributed by atoms with Crippen LogP contribution in [0.3, 0.4) is 0 Å². The summed E-state index contributed by atoms with van der Waals surface area (Å²) in [6, 6.07) is 8.95. The van der Waals surface area contributed by atoms with Gasteiger partial charge < -0.3 is 0 Å². The van der Waals surface area contributed by atoms with Crippen molar-refractivity contribution in [3.8, 4) is 0 Å². The molecule has 0 heterocycles.